The van der Waals surface area contributed by atoms with Gasteiger partial charge in [0.2, 0.25) is 0 Å². The molecule has 1 nitrogen and oxygen atoms in total. The average Bonchev–Trinajstić information content (AvgIpc) is 1.76. The van der Waals surface area contributed by atoms with Crippen LogP contribution in [-0.4, -0.2) is 11.4 Å². The highest BCUT2D eigenvalue weighted by Crippen LogP contribution is 2.20. The Morgan fingerprint density at radius 3 is 3.00 bits per heavy atom. The van der Waals surface area contributed by atoms with Crippen LogP contribution >= 0.6 is 20.5 Å². The van der Waals surface area contributed by atoms with Gasteiger partial charge in [0.05, 0.1) is 0 Å². The third-order valence-electron chi connectivity index (χ3n) is 0.473. The summed E-state index contributed by atoms with van der Waals surface area (Å²) in [6, 6.07) is 0. The summed E-state index contributed by atoms with van der Waals surface area (Å²) in [7, 11) is 1.02. The number of hydrogen-bond donors (Lipinski definition) is 1. The summed E-state index contributed by atoms with van der Waals surface area (Å²) in [5.41, 5.74) is 1.33. The molecule has 1 rings (SSSR count). The lowest BCUT2D eigenvalue weighted by Crippen LogP contribution is -1.87. The minimum absolute atomic E-state index is 1.02. The van der Waals surface area contributed by atoms with Crippen LogP contribution in [0, 0.1) is 0 Å². The van der Waals surface area contributed by atoms with E-state index in [0.717, 1.165) is 8.73 Å². The van der Waals surface area contributed by atoms with Gasteiger partial charge in [-0.05, 0) is 8.73 Å². The van der Waals surface area contributed by atoms with Gasteiger partial charge in [0, 0.05) is 11.4 Å². The highest BCUT2D eigenvalue weighted by Gasteiger charge is 1.93. The number of hydrogen-bond acceptors (Lipinski definition) is 2. The molecule has 1 unspecified atom stereocenters. The first kappa shape index (κ1) is 3.91. The zero-order chi connectivity index (χ0) is 3.54. The van der Waals surface area contributed by atoms with Gasteiger partial charge in [-0.15, -0.1) is 11.8 Å². The highest BCUT2D eigenvalue weighted by molar-refractivity contribution is 8.04. The summed E-state index contributed by atoms with van der Waals surface area (Å²) in [6.07, 6.45) is 0. The molecule has 1 fully saturated rings. The second-order valence-electron chi connectivity index (χ2n) is 0.846. The van der Waals surface area contributed by atoms with Crippen molar-refractivity contribution in [2.75, 3.05) is 11.4 Å². The third kappa shape index (κ3) is 1.08. The Hall–Kier alpha value is 0.740. The van der Waals surface area contributed by atoms with Crippen LogP contribution in [0.1, 0.15) is 0 Å². The summed E-state index contributed by atoms with van der Waals surface area (Å²) < 4.78 is 0. The van der Waals surface area contributed by atoms with E-state index in [9.17, 15) is 0 Å². The van der Waals surface area contributed by atoms with E-state index in [0.29, 0.717) is 0 Å². The molecule has 1 saturated heterocycles. The normalized spacial score (nSPS) is 28.8. The van der Waals surface area contributed by atoms with E-state index in [1.54, 1.807) is 0 Å². The molecule has 0 aliphatic carbocycles. The fourth-order valence-electron chi connectivity index (χ4n) is 0.255. The van der Waals surface area contributed by atoms with Crippen molar-refractivity contribution in [3.05, 3.63) is 0 Å². The standard InChI is InChI=1S/C2H6NPS/c1-3-4-2-5-1/h3-4H,1-2H2. The molecule has 3 heteroatoms. The topological polar surface area (TPSA) is 12.0 Å². The Morgan fingerprint density at radius 2 is 2.80 bits per heavy atom. The van der Waals surface area contributed by atoms with Crippen LogP contribution in [0.4, 0.5) is 0 Å². The fourth-order valence-corrected chi connectivity index (χ4v) is 2.30. The molecule has 0 bridgehead atoms. The van der Waals surface area contributed by atoms with Gasteiger partial charge >= 0.3 is 0 Å². The van der Waals surface area contributed by atoms with Crippen molar-refractivity contribution >= 4 is 20.5 Å². The Kier molecular flexibility index (Phi) is 1.58. The Labute approximate surface area is 37.7 Å². The Balaban J connectivity index is 2.08. The maximum Gasteiger partial charge on any atom is 0.0454 e. The van der Waals surface area contributed by atoms with E-state index in [1.165, 1.54) is 11.4 Å². The molecule has 1 aliphatic heterocycles. The first-order valence-corrected chi connectivity index (χ1v) is 3.90. The Morgan fingerprint density at radius 1 is 1.80 bits per heavy atom. The van der Waals surface area contributed by atoms with Crippen molar-refractivity contribution in [2.24, 2.45) is 0 Å². The molecule has 0 saturated carbocycles. The lowest BCUT2D eigenvalue weighted by atomic mass is 11.5. The van der Waals surface area contributed by atoms with Crippen LogP contribution in [0.5, 0.6) is 0 Å². The maximum atomic E-state index is 3.21. The molecular formula is C2H6NPS. The van der Waals surface area contributed by atoms with Crippen molar-refractivity contribution in [1.82, 2.24) is 5.09 Å². The molecule has 0 aromatic heterocycles. The molecule has 5 heavy (non-hydrogen) atoms. The van der Waals surface area contributed by atoms with Gasteiger partial charge in [-0.3, -0.25) is 5.09 Å². The summed E-state index contributed by atoms with van der Waals surface area (Å²) in [4.78, 5) is 0. The third-order valence-corrected chi connectivity index (χ3v) is 2.90. The minimum atomic E-state index is 1.02. The zero-order valence-electron chi connectivity index (χ0n) is 2.82. The predicted molar refractivity (Wildman–Crippen MR) is 28.8 cm³/mol. The minimum Gasteiger partial charge on any atom is -0.288 e. The van der Waals surface area contributed by atoms with E-state index in [4.69, 9.17) is 0 Å². The Bertz CT molecular complexity index is 21.2. The molecule has 0 aromatic carbocycles. The smallest absolute Gasteiger partial charge is 0.0454 e. The largest absolute Gasteiger partial charge is 0.288 e. The summed E-state index contributed by atoms with van der Waals surface area (Å²) in [6.45, 7) is 0. The van der Waals surface area contributed by atoms with E-state index < -0.39 is 0 Å². The maximum absolute atomic E-state index is 3.21. The van der Waals surface area contributed by atoms with Crippen molar-refractivity contribution < 1.29 is 0 Å². The fraction of sp³-hybridized carbons (Fsp3) is 1.00. The van der Waals surface area contributed by atoms with E-state index in [1.807, 2.05) is 11.8 Å². The van der Waals surface area contributed by atoms with Gasteiger partial charge in [-0.2, -0.15) is 0 Å². The van der Waals surface area contributed by atoms with Crippen molar-refractivity contribution in [3.63, 3.8) is 0 Å². The molecule has 1 heterocycles. The number of thioether (sulfide) groups is 1. The first-order chi connectivity index (χ1) is 2.50. The van der Waals surface area contributed by atoms with Crippen LogP contribution in [0.25, 0.3) is 0 Å². The summed E-state index contributed by atoms with van der Waals surface area (Å²) in [5, 5.41) is 3.21. The molecule has 0 amide bonds. The average molecular weight is 107 g/mol. The van der Waals surface area contributed by atoms with Crippen molar-refractivity contribution in [3.8, 4) is 0 Å². The second kappa shape index (κ2) is 2.01. The van der Waals surface area contributed by atoms with Crippen LogP contribution in [-0.2, 0) is 0 Å². The van der Waals surface area contributed by atoms with Crippen LogP contribution in [0.3, 0.4) is 0 Å². The number of rotatable bonds is 0. The van der Waals surface area contributed by atoms with Crippen LogP contribution in [0.15, 0.2) is 0 Å². The van der Waals surface area contributed by atoms with Gasteiger partial charge in [0.1, 0.15) is 0 Å². The second-order valence-corrected chi connectivity index (χ2v) is 3.41. The molecule has 0 spiro atoms. The molecule has 1 atom stereocenters. The number of nitrogens with one attached hydrogen (secondary N) is 1. The van der Waals surface area contributed by atoms with Crippen molar-refractivity contribution in [1.29, 1.82) is 0 Å². The summed E-state index contributed by atoms with van der Waals surface area (Å²) >= 11 is 1.98. The highest BCUT2D eigenvalue weighted by atomic mass is 32.2. The van der Waals surface area contributed by atoms with Gasteiger partial charge in [-0.1, -0.05) is 0 Å². The monoisotopic (exact) mass is 107 g/mol. The predicted octanol–water partition coefficient (Wildman–Crippen LogP) is 0.831. The van der Waals surface area contributed by atoms with Crippen LogP contribution in [0.2, 0.25) is 0 Å². The molecule has 30 valence electrons. The zero-order valence-corrected chi connectivity index (χ0v) is 4.64. The van der Waals surface area contributed by atoms with E-state index in [-0.39, 0.29) is 0 Å². The quantitative estimate of drug-likeness (QED) is 0.460. The molecular weight excluding hydrogens is 101 g/mol. The van der Waals surface area contributed by atoms with E-state index >= 15 is 0 Å². The SMILES string of the molecule is C1NPCS1. The van der Waals surface area contributed by atoms with Gasteiger partial charge in [-0.25, -0.2) is 0 Å². The molecule has 1 N–H and O–H groups in total. The first-order valence-electron chi connectivity index (χ1n) is 1.53. The van der Waals surface area contributed by atoms with Gasteiger partial charge in [0.25, 0.3) is 0 Å². The lowest BCUT2D eigenvalue weighted by molar-refractivity contribution is 1.25. The molecule has 0 radical (unpaired) electrons. The van der Waals surface area contributed by atoms with Gasteiger partial charge in [0.15, 0.2) is 0 Å². The van der Waals surface area contributed by atoms with Gasteiger partial charge < -0.3 is 0 Å². The molecule has 0 aromatic rings. The molecule has 1 aliphatic rings. The lowest BCUT2D eigenvalue weighted by Gasteiger charge is -1.74. The van der Waals surface area contributed by atoms with Crippen molar-refractivity contribution in [2.45, 2.75) is 0 Å². The van der Waals surface area contributed by atoms with E-state index in [2.05, 4.69) is 5.09 Å². The summed E-state index contributed by atoms with van der Waals surface area (Å²) in [5.74, 6) is 1.18. The van der Waals surface area contributed by atoms with Crippen LogP contribution < -0.4 is 5.09 Å².